The summed E-state index contributed by atoms with van der Waals surface area (Å²) >= 11 is 0. The third-order valence-electron chi connectivity index (χ3n) is 26.5. The minimum atomic E-state index is -1.44. The molecule has 0 N–H and O–H groups in total. The Morgan fingerprint density at radius 2 is 0.470 bits per heavy atom. The van der Waals surface area contributed by atoms with E-state index < -0.39 is 16.1 Å². The average Bonchev–Trinajstić information content (AvgIpc) is 0.715. The number of nitrogens with zero attached hydrogens (tertiary/aromatic N) is 4. The van der Waals surface area contributed by atoms with Crippen molar-refractivity contribution in [1.29, 1.82) is 0 Å². The maximum Gasteiger partial charge on any atom is 0.137 e. The van der Waals surface area contributed by atoms with Crippen LogP contribution >= 0.6 is 0 Å². The van der Waals surface area contributed by atoms with Crippen molar-refractivity contribution >= 4 is 170 Å². The molecule has 0 amide bonds. The summed E-state index contributed by atoms with van der Waals surface area (Å²) in [5.41, 5.74) is 24.9. The van der Waals surface area contributed by atoms with Gasteiger partial charge in [-0.05, 0) is 280 Å². The van der Waals surface area contributed by atoms with Crippen molar-refractivity contribution in [2.75, 3.05) is 19.6 Å². The molecule has 0 fully saturated rings. The maximum atomic E-state index is 6.98. The molecule has 2 heterocycles. The molecule has 0 aromatic heterocycles. The predicted molar refractivity (Wildman–Crippen MR) is 567 cm³/mol. The third kappa shape index (κ3) is 14.6. The average molecular weight is 1730 g/mol. The summed E-state index contributed by atoms with van der Waals surface area (Å²) in [5.74, 6) is 3.43. The Balaban J connectivity index is 0.000000150. The van der Waals surface area contributed by atoms with Crippen LogP contribution in [-0.2, 0) is 0 Å². The molecule has 0 atom stereocenters. The van der Waals surface area contributed by atoms with Crippen LogP contribution in [-0.4, -0.2) is 16.1 Å². The number of hydrogen-bond acceptors (Lipinski definition) is 6. The fraction of sp³-hybridized carbons (Fsp3) is 0.0484. The standard InChI is InChI=1S/C63H48N2OSi.C61H46N2OSi/c1-67(2,3)50-37-34-48(35-38-50)64(45-20-9-5-10-21-45)47-32-30-44(31-33-47)56-41-58-55-27-17-29-61-63(55)59(42-57(58)53-26-14-13-25-52(53)56)54-39-36-49(40-62(54)66-61)65(46-22-11-6-12-23-46)60-28-16-15-24-51(60)43-18-7-4-8-19-43;1-65(2,3)50-34-31-47(32-35-50)62(44-17-6-4-7-18-44)46-28-26-42(27-29-46)55-39-57-54-23-14-24-59-61(54)58(40-56(57)52-22-13-12-21-51(52)55)53-36-33-49(38-60(53)64-59)63(45-19-8-5-9-20-45)48-30-25-41-15-10-11-16-43(41)37-48/h4-42H,1-3H3;4-40H,1-3H3. The molecule has 0 aliphatic carbocycles. The lowest BCUT2D eigenvalue weighted by Gasteiger charge is -2.30. The summed E-state index contributed by atoms with van der Waals surface area (Å²) in [5, 5.41) is 19.8. The molecule has 132 heavy (non-hydrogen) atoms. The number of hydrogen-bond donors (Lipinski definition) is 0. The van der Waals surface area contributed by atoms with E-state index in [4.69, 9.17) is 9.47 Å². The van der Waals surface area contributed by atoms with Crippen LogP contribution in [0, 0.1) is 0 Å². The second kappa shape index (κ2) is 33.2. The number of rotatable bonds is 17. The minimum absolute atomic E-state index is 0.840. The first kappa shape index (κ1) is 80.5. The second-order valence-electron chi connectivity index (χ2n) is 36.7. The van der Waals surface area contributed by atoms with Crippen molar-refractivity contribution in [2.24, 2.45) is 0 Å². The summed E-state index contributed by atoms with van der Waals surface area (Å²) < 4.78 is 13.9. The van der Waals surface area contributed by atoms with Gasteiger partial charge in [0.1, 0.15) is 23.0 Å². The highest BCUT2D eigenvalue weighted by atomic mass is 28.3. The van der Waals surface area contributed by atoms with Gasteiger partial charge in [0, 0.05) is 102 Å². The fourth-order valence-corrected chi connectivity index (χ4v) is 22.3. The van der Waals surface area contributed by atoms with Crippen molar-refractivity contribution < 1.29 is 9.47 Å². The van der Waals surface area contributed by atoms with E-state index in [0.29, 0.717) is 0 Å². The number of para-hydroxylation sites is 5. The first-order valence-corrected chi connectivity index (χ1v) is 52.7. The zero-order valence-corrected chi connectivity index (χ0v) is 76.5. The molecule has 0 radical (unpaired) electrons. The zero-order valence-electron chi connectivity index (χ0n) is 74.5. The fourth-order valence-electron chi connectivity index (χ4n) is 20.0. The van der Waals surface area contributed by atoms with E-state index in [1.165, 1.54) is 114 Å². The van der Waals surface area contributed by atoms with Crippen LogP contribution in [0.5, 0.6) is 23.0 Å². The van der Waals surface area contributed by atoms with Gasteiger partial charge in [0.2, 0.25) is 0 Å². The molecular weight excluding hydrogens is 1630 g/mol. The van der Waals surface area contributed by atoms with E-state index in [9.17, 15) is 0 Å². The summed E-state index contributed by atoms with van der Waals surface area (Å²) in [6.07, 6.45) is 0. The molecule has 630 valence electrons. The molecule has 6 nitrogen and oxygen atoms in total. The van der Waals surface area contributed by atoms with Gasteiger partial charge < -0.3 is 29.1 Å². The molecule has 0 saturated heterocycles. The lowest BCUT2D eigenvalue weighted by atomic mass is 9.86. The Kier molecular flexibility index (Phi) is 20.2. The van der Waals surface area contributed by atoms with E-state index in [-0.39, 0.29) is 0 Å². The molecule has 0 unspecified atom stereocenters. The first-order valence-electron chi connectivity index (χ1n) is 45.7. The van der Waals surface area contributed by atoms with Gasteiger partial charge in [0.05, 0.1) is 21.8 Å². The van der Waals surface area contributed by atoms with Crippen LogP contribution in [0.3, 0.4) is 0 Å². The second-order valence-corrected chi connectivity index (χ2v) is 46.8. The number of benzene rings is 22. The van der Waals surface area contributed by atoms with E-state index in [0.717, 1.165) is 119 Å². The highest BCUT2D eigenvalue weighted by molar-refractivity contribution is 6.89. The van der Waals surface area contributed by atoms with E-state index in [1.807, 2.05) is 0 Å². The summed E-state index contributed by atoms with van der Waals surface area (Å²) in [7, 11) is -2.88. The predicted octanol–water partition coefficient (Wildman–Crippen LogP) is 35.0. The Hall–Kier alpha value is -16.1. The number of fused-ring (bicyclic) bond motifs is 13. The molecule has 0 spiro atoms. The summed E-state index contributed by atoms with van der Waals surface area (Å²) in [6.45, 7) is 14.4. The molecule has 0 saturated carbocycles. The van der Waals surface area contributed by atoms with E-state index in [1.54, 1.807) is 0 Å². The lowest BCUT2D eigenvalue weighted by Crippen LogP contribution is -2.37. The van der Waals surface area contributed by atoms with Crippen LogP contribution in [0.25, 0.3) is 131 Å². The normalized spacial score (nSPS) is 12.0. The van der Waals surface area contributed by atoms with Gasteiger partial charge in [-0.1, -0.05) is 323 Å². The molecule has 24 rings (SSSR count). The molecule has 8 heteroatoms. The molecule has 22 aromatic carbocycles. The maximum absolute atomic E-state index is 6.98. The summed E-state index contributed by atoms with van der Waals surface area (Å²) in [4.78, 5) is 9.37. The molecule has 22 aromatic rings. The quantitative estimate of drug-likeness (QED) is 0.0667. The van der Waals surface area contributed by atoms with Gasteiger partial charge in [0.25, 0.3) is 0 Å². The topological polar surface area (TPSA) is 31.4 Å². The molecular formula is C124H94N4O2Si2. The van der Waals surface area contributed by atoms with Gasteiger partial charge >= 0.3 is 0 Å². The Morgan fingerprint density at radius 1 is 0.167 bits per heavy atom. The smallest absolute Gasteiger partial charge is 0.137 e. The van der Waals surface area contributed by atoms with Gasteiger partial charge in [0.15, 0.2) is 0 Å². The SMILES string of the molecule is C[Si](C)(C)c1ccc(N(c2ccccc2)c2ccc(-c3cc4c5cccc6c5c(cc4c4ccccc34)-c3ccc(N(c4ccccc4)c4ccc5ccccc5c4)cc3O6)cc2)cc1.C[Si](C)(C)c1ccc(N(c2ccccc2)c2ccc(-c3cc4c5cccc6c5c(cc4c4ccccc34)-c3ccc(N(c4ccccc4)c4ccccc4-c4ccccc4)cc3O6)cc2)cc1. The Bertz CT molecular complexity index is 8190. The third-order valence-corrected chi connectivity index (χ3v) is 30.7. The summed E-state index contributed by atoms with van der Waals surface area (Å²) in [6, 6.07) is 167. The Morgan fingerprint density at radius 3 is 0.909 bits per heavy atom. The van der Waals surface area contributed by atoms with Gasteiger partial charge in [-0.25, -0.2) is 0 Å². The van der Waals surface area contributed by atoms with Gasteiger partial charge in [-0.15, -0.1) is 0 Å². The molecule has 2 aliphatic heterocycles. The highest BCUT2D eigenvalue weighted by Gasteiger charge is 2.30. The van der Waals surface area contributed by atoms with Crippen LogP contribution in [0.15, 0.2) is 461 Å². The molecule has 0 bridgehead atoms. The minimum Gasteiger partial charge on any atom is -0.456 e. The van der Waals surface area contributed by atoms with Crippen LogP contribution < -0.4 is 39.4 Å². The lowest BCUT2D eigenvalue weighted by molar-refractivity contribution is 0.487. The monoisotopic (exact) mass is 1730 g/mol. The largest absolute Gasteiger partial charge is 0.456 e. The van der Waals surface area contributed by atoms with Crippen LogP contribution in [0.1, 0.15) is 0 Å². The van der Waals surface area contributed by atoms with Crippen LogP contribution in [0.4, 0.5) is 68.2 Å². The number of anilines is 12. The van der Waals surface area contributed by atoms with Gasteiger partial charge in [-0.3, -0.25) is 0 Å². The van der Waals surface area contributed by atoms with Crippen LogP contribution in [0.2, 0.25) is 39.3 Å². The highest BCUT2D eigenvalue weighted by Crippen LogP contribution is 2.56. The van der Waals surface area contributed by atoms with Crippen molar-refractivity contribution in [3.8, 4) is 78.6 Å². The first-order chi connectivity index (χ1) is 64.7. The van der Waals surface area contributed by atoms with Crippen molar-refractivity contribution in [1.82, 2.24) is 0 Å². The van der Waals surface area contributed by atoms with Crippen molar-refractivity contribution in [3.05, 3.63) is 461 Å². The van der Waals surface area contributed by atoms with Crippen molar-refractivity contribution in [2.45, 2.75) is 39.3 Å². The van der Waals surface area contributed by atoms with Crippen molar-refractivity contribution in [3.63, 3.8) is 0 Å². The van der Waals surface area contributed by atoms with Gasteiger partial charge in [-0.2, -0.15) is 0 Å². The number of ether oxygens (including phenoxy) is 2. The Labute approximate surface area is 772 Å². The van der Waals surface area contributed by atoms with E-state index >= 15 is 0 Å². The van der Waals surface area contributed by atoms with E-state index in [2.05, 4.69) is 520 Å². The molecule has 2 aliphatic rings. The zero-order chi connectivity index (χ0) is 88.7.